The molecule has 0 aromatic heterocycles. The topological polar surface area (TPSA) is 23.9 Å². The molecule has 0 aliphatic carbocycles. The fourth-order valence-corrected chi connectivity index (χ4v) is 0. The first-order valence-electron chi connectivity index (χ1n) is 0.801. The third kappa shape index (κ3) is 2.64. The first-order chi connectivity index (χ1) is 1.91. The van der Waals surface area contributed by atoms with Crippen LogP contribution in [0, 0.1) is 5.31 Å². The summed E-state index contributed by atoms with van der Waals surface area (Å²) in [4.78, 5) is 0. The number of hydrogen-bond acceptors (Lipinski definition) is 2. The van der Waals surface area contributed by atoms with Crippen molar-refractivity contribution in [3.63, 3.8) is 0 Å². The van der Waals surface area contributed by atoms with Gasteiger partial charge in [0.25, 0.3) is 0 Å². The Morgan fingerprint density at radius 3 is 2.25 bits per heavy atom. The van der Waals surface area contributed by atoms with E-state index in [9.17, 15) is 0 Å². The number of thiol groups is 1. The van der Waals surface area contributed by atoms with Gasteiger partial charge in [-0.2, -0.15) is 0 Å². The molecule has 0 saturated carbocycles. The molecule has 4 heteroatoms. The summed E-state index contributed by atoms with van der Waals surface area (Å²) in [5.41, 5.74) is 0. The summed E-state index contributed by atoms with van der Waals surface area (Å²) in [6.45, 7) is 1.27. The molecule has 0 spiro atoms. The van der Waals surface area contributed by atoms with Gasteiger partial charge in [-0.1, -0.05) is 0 Å². The van der Waals surface area contributed by atoms with Gasteiger partial charge in [0.15, 0.2) is 0 Å². The molecule has 1 nitrogen and oxygen atoms in total. The van der Waals surface area contributed by atoms with Crippen LogP contribution in [-0.4, -0.2) is 6.79 Å². The van der Waals surface area contributed by atoms with Gasteiger partial charge in [-0.05, 0) is 0 Å². The molecule has 0 saturated heterocycles. The summed E-state index contributed by atoms with van der Waals surface area (Å²) < 4.78 is 0. The Morgan fingerprint density at radius 2 is 2.25 bits per heavy atom. The van der Waals surface area contributed by atoms with Crippen LogP contribution in [0.1, 0.15) is 0 Å². The molecule has 0 rings (SSSR count). The van der Waals surface area contributed by atoms with Gasteiger partial charge in [0.1, 0.15) is 0 Å². The molecule has 0 amide bonds. The quantitative estimate of drug-likeness (QED) is 0.272. The molecule has 0 aromatic carbocycles. The van der Waals surface area contributed by atoms with Crippen molar-refractivity contribution in [2.24, 2.45) is 0 Å². The molecule has 0 heterocycles. The standard InChI is InChI=1S/BH3NPS/c2-1-3-4/h2-4H. The van der Waals surface area contributed by atoms with E-state index in [0.29, 0.717) is 7.66 Å². The van der Waals surface area contributed by atoms with Gasteiger partial charge in [-0.25, -0.2) is 0 Å². The molecule has 0 bridgehead atoms. The zero-order valence-electron chi connectivity index (χ0n) is 2.02. The van der Waals surface area contributed by atoms with Crippen LogP contribution in [0.4, 0.5) is 0 Å². The van der Waals surface area contributed by atoms with E-state index in [1.807, 2.05) is 0 Å². The molecule has 1 unspecified atom stereocenters. The van der Waals surface area contributed by atoms with Crippen molar-refractivity contribution in [2.45, 2.75) is 0 Å². The number of hydrogen-bond donors (Lipinski definition) is 2. The minimum atomic E-state index is 0.377. The Balaban J connectivity index is 2.30. The second-order valence-electron chi connectivity index (χ2n) is 0.273. The Bertz CT molecular complexity index is 22.0. The monoisotopic (exact) mass is 91.0 g/mol. The van der Waals surface area contributed by atoms with E-state index >= 15 is 0 Å². The first-order valence-corrected chi connectivity index (χ1v) is 3.17. The maximum atomic E-state index is 6.26. The Hall–Kier alpha value is 0.645. The van der Waals surface area contributed by atoms with E-state index in [1.165, 1.54) is 6.79 Å². The van der Waals surface area contributed by atoms with Crippen molar-refractivity contribution >= 4 is 26.7 Å². The molecule has 4 heavy (non-hydrogen) atoms. The second-order valence-corrected chi connectivity index (χ2v) is 1.59. The zero-order chi connectivity index (χ0) is 3.41. The molecule has 0 radical (unpaired) electrons. The van der Waals surface area contributed by atoms with Gasteiger partial charge in [0.05, 0.1) is 0 Å². The summed E-state index contributed by atoms with van der Waals surface area (Å²) in [5.74, 6) is 0. The predicted molar refractivity (Wildman–Crippen MR) is 25.8 cm³/mol. The molecular formula is H3BNPS. The Morgan fingerprint density at radius 1 is 2.00 bits per heavy atom. The van der Waals surface area contributed by atoms with Crippen LogP contribution >= 0.6 is 19.9 Å². The van der Waals surface area contributed by atoms with E-state index in [0.717, 1.165) is 0 Å². The molecule has 0 aromatic rings. The van der Waals surface area contributed by atoms with Crippen LogP contribution < -0.4 is 0 Å². The van der Waals surface area contributed by atoms with Crippen LogP contribution in [0.15, 0.2) is 0 Å². The van der Waals surface area contributed by atoms with Crippen LogP contribution in [0.2, 0.25) is 0 Å². The van der Waals surface area contributed by atoms with Crippen molar-refractivity contribution in [3.8, 4) is 0 Å². The van der Waals surface area contributed by atoms with Gasteiger partial charge >= 0.3 is 32.0 Å². The van der Waals surface area contributed by atoms with Crippen LogP contribution in [0.3, 0.4) is 0 Å². The van der Waals surface area contributed by atoms with Gasteiger partial charge in [0.2, 0.25) is 0 Å². The van der Waals surface area contributed by atoms with E-state index in [-0.39, 0.29) is 0 Å². The average molecular weight is 90.9 g/mol. The summed E-state index contributed by atoms with van der Waals surface area (Å²) in [6, 6.07) is 0. The van der Waals surface area contributed by atoms with Crippen molar-refractivity contribution in [1.82, 2.24) is 0 Å². The number of nitrogens with one attached hydrogen (secondary N) is 1. The third-order valence-corrected chi connectivity index (χ3v) is 0.581. The normalized spacial score (nSPS) is 8.25. The van der Waals surface area contributed by atoms with E-state index < -0.39 is 0 Å². The third-order valence-electron chi connectivity index (χ3n) is 0.0645. The molecule has 1 atom stereocenters. The van der Waals surface area contributed by atoms with Crippen LogP contribution in [0.25, 0.3) is 0 Å². The molecule has 0 fully saturated rings. The molecular weight excluding hydrogens is 87.9 g/mol. The summed E-state index contributed by atoms with van der Waals surface area (Å²) in [6.07, 6.45) is 0. The van der Waals surface area contributed by atoms with Gasteiger partial charge < -0.3 is 0 Å². The van der Waals surface area contributed by atoms with E-state index in [1.54, 1.807) is 0 Å². The van der Waals surface area contributed by atoms with Crippen LogP contribution in [-0.2, 0) is 0 Å². The SMILES string of the molecule is N=BPS. The van der Waals surface area contributed by atoms with E-state index in [4.69, 9.17) is 5.31 Å². The number of rotatable bonds is 1. The Kier molecular flexibility index (Phi) is 4.23. The predicted octanol–water partition coefficient (Wildman–Crippen LogP) is 0.891. The average Bonchev–Trinajstić information content (AvgIpc) is 1.37. The second kappa shape index (κ2) is 3.64. The molecule has 22 valence electrons. The van der Waals surface area contributed by atoms with Crippen LogP contribution in [0.5, 0.6) is 0 Å². The summed E-state index contributed by atoms with van der Waals surface area (Å²) in [7, 11) is 0.377. The maximum absolute atomic E-state index is 6.26. The Labute approximate surface area is 32.8 Å². The molecule has 1 N–H and O–H groups in total. The van der Waals surface area contributed by atoms with Crippen molar-refractivity contribution in [2.75, 3.05) is 0 Å². The fraction of sp³-hybridized carbons (Fsp3) is 0. The van der Waals surface area contributed by atoms with Gasteiger partial charge in [-0.3, -0.25) is 0 Å². The summed E-state index contributed by atoms with van der Waals surface area (Å²) >= 11 is 3.71. The fourth-order valence-electron chi connectivity index (χ4n) is 0. The van der Waals surface area contributed by atoms with Crippen molar-refractivity contribution < 1.29 is 0 Å². The van der Waals surface area contributed by atoms with Crippen molar-refractivity contribution in [1.29, 1.82) is 5.31 Å². The molecule has 0 aliphatic heterocycles. The van der Waals surface area contributed by atoms with Crippen molar-refractivity contribution in [3.05, 3.63) is 0 Å². The van der Waals surface area contributed by atoms with Gasteiger partial charge in [0, 0.05) is 0 Å². The minimum absolute atomic E-state index is 0.377. The van der Waals surface area contributed by atoms with E-state index in [2.05, 4.69) is 12.2 Å². The molecule has 0 aliphatic rings. The summed E-state index contributed by atoms with van der Waals surface area (Å²) in [5, 5.41) is 6.26. The van der Waals surface area contributed by atoms with Gasteiger partial charge in [-0.15, -0.1) is 0 Å². The first kappa shape index (κ1) is 4.64. The zero-order valence-corrected chi connectivity index (χ0v) is 3.92.